The van der Waals surface area contributed by atoms with E-state index >= 15 is 0 Å². The summed E-state index contributed by atoms with van der Waals surface area (Å²) in [6, 6.07) is 3.73. The summed E-state index contributed by atoms with van der Waals surface area (Å²) in [6.45, 7) is 6.38. The number of benzene rings is 1. The van der Waals surface area contributed by atoms with E-state index in [0.717, 1.165) is 5.56 Å². The third kappa shape index (κ3) is 3.78. The van der Waals surface area contributed by atoms with Crippen LogP contribution in [0.3, 0.4) is 0 Å². The molecule has 1 aliphatic heterocycles. The second-order valence-corrected chi connectivity index (χ2v) is 5.27. The highest BCUT2D eigenvalue weighted by atomic mass is 16.7. The molecule has 21 heavy (non-hydrogen) atoms. The normalized spacial score (nSPS) is 14.1. The third-order valence-electron chi connectivity index (χ3n) is 3.03. The van der Waals surface area contributed by atoms with Crippen molar-refractivity contribution in [1.29, 1.82) is 0 Å². The fraction of sp³-hybridized carbons (Fsp3) is 0.533. The average Bonchev–Trinajstić information content (AvgIpc) is 2.85. The number of nitrogens with one attached hydrogen (secondary N) is 2. The molecule has 1 amide bonds. The van der Waals surface area contributed by atoms with Gasteiger partial charge in [0.25, 0.3) is 5.91 Å². The lowest BCUT2D eigenvalue weighted by molar-refractivity contribution is -0.127. The highest BCUT2D eigenvalue weighted by molar-refractivity contribution is 5.81. The first-order chi connectivity index (χ1) is 10.0. The van der Waals surface area contributed by atoms with Gasteiger partial charge in [0.05, 0.1) is 0 Å². The predicted molar refractivity (Wildman–Crippen MR) is 78.7 cm³/mol. The smallest absolute Gasteiger partial charge is 0.260 e. The van der Waals surface area contributed by atoms with E-state index in [0.29, 0.717) is 23.8 Å². The Kier molecular flexibility index (Phi) is 4.90. The van der Waals surface area contributed by atoms with E-state index in [1.807, 2.05) is 27.0 Å². The van der Waals surface area contributed by atoms with Crippen molar-refractivity contribution in [2.24, 2.45) is 0 Å². The summed E-state index contributed by atoms with van der Waals surface area (Å²) >= 11 is 0. The molecule has 1 aromatic carbocycles. The van der Waals surface area contributed by atoms with Crippen LogP contribution in [0.1, 0.15) is 26.3 Å². The Hall–Kier alpha value is -1.95. The first-order valence-electron chi connectivity index (χ1n) is 7.05. The van der Waals surface area contributed by atoms with E-state index in [4.69, 9.17) is 14.2 Å². The summed E-state index contributed by atoms with van der Waals surface area (Å²) in [5, 5.41) is 5.90. The quantitative estimate of drug-likeness (QED) is 0.830. The number of hydrogen-bond donors (Lipinski definition) is 2. The maximum absolute atomic E-state index is 12.0. The number of carbonyl (C=O) groups excluding carboxylic acids is 1. The lowest BCUT2D eigenvalue weighted by Gasteiger charge is -2.19. The Bertz CT molecular complexity index is 517. The number of carbonyl (C=O) groups is 1. The van der Waals surface area contributed by atoms with Crippen LogP contribution in [0.25, 0.3) is 0 Å². The largest absolute Gasteiger partial charge is 0.480 e. The van der Waals surface area contributed by atoms with Crippen LogP contribution < -0.4 is 24.8 Å². The van der Waals surface area contributed by atoms with E-state index in [2.05, 4.69) is 10.6 Å². The minimum Gasteiger partial charge on any atom is -0.480 e. The van der Waals surface area contributed by atoms with Crippen LogP contribution in [-0.2, 0) is 11.3 Å². The Morgan fingerprint density at radius 3 is 2.57 bits per heavy atom. The highest BCUT2D eigenvalue weighted by Gasteiger charge is 2.21. The van der Waals surface area contributed by atoms with E-state index in [9.17, 15) is 4.79 Å². The molecule has 2 N–H and O–H groups in total. The fourth-order valence-electron chi connectivity index (χ4n) is 2.05. The van der Waals surface area contributed by atoms with Crippen LogP contribution in [0.4, 0.5) is 0 Å². The zero-order valence-electron chi connectivity index (χ0n) is 12.9. The summed E-state index contributed by atoms with van der Waals surface area (Å²) in [4.78, 5) is 12.0. The average molecular weight is 294 g/mol. The van der Waals surface area contributed by atoms with E-state index in [-0.39, 0.29) is 18.7 Å². The maximum Gasteiger partial charge on any atom is 0.260 e. The lowest BCUT2D eigenvalue weighted by atomic mass is 10.1. The van der Waals surface area contributed by atoms with Crippen LogP contribution in [-0.4, -0.2) is 31.9 Å². The van der Waals surface area contributed by atoms with Crippen molar-refractivity contribution in [3.63, 3.8) is 0 Å². The lowest BCUT2D eigenvalue weighted by Crippen LogP contribution is -2.40. The van der Waals surface area contributed by atoms with Crippen LogP contribution in [0.15, 0.2) is 12.1 Å². The Morgan fingerprint density at radius 2 is 1.95 bits per heavy atom. The van der Waals surface area contributed by atoms with Crippen molar-refractivity contribution >= 4 is 5.91 Å². The maximum atomic E-state index is 12.0. The van der Waals surface area contributed by atoms with Crippen LogP contribution in [0.5, 0.6) is 17.2 Å². The van der Waals surface area contributed by atoms with Gasteiger partial charge in [0.2, 0.25) is 6.79 Å². The second-order valence-electron chi connectivity index (χ2n) is 5.27. The van der Waals surface area contributed by atoms with Gasteiger partial charge in [0.1, 0.15) is 5.75 Å². The van der Waals surface area contributed by atoms with Gasteiger partial charge in [0, 0.05) is 24.2 Å². The van der Waals surface area contributed by atoms with Gasteiger partial charge in [-0.05, 0) is 33.9 Å². The molecule has 1 atom stereocenters. The first-order valence-corrected chi connectivity index (χ1v) is 7.05. The molecule has 0 spiro atoms. The molecule has 0 saturated heterocycles. The Labute approximate surface area is 124 Å². The SMILES string of the molecule is CNCc1cc2c(cc1OC(C)C(=O)NC(C)C)OCO2. The monoisotopic (exact) mass is 294 g/mol. The minimum absolute atomic E-state index is 0.0806. The molecule has 6 heteroatoms. The summed E-state index contributed by atoms with van der Waals surface area (Å²) in [5.74, 6) is 1.83. The molecule has 1 aliphatic rings. The van der Waals surface area contributed by atoms with E-state index in [1.54, 1.807) is 13.0 Å². The number of hydrogen-bond acceptors (Lipinski definition) is 5. The van der Waals surface area contributed by atoms with Gasteiger partial charge >= 0.3 is 0 Å². The van der Waals surface area contributed by atoms with E-state index in [1.165, 1.54) is 0 Å². The van der Waals surface area contributed by atoms with Crippen LogP contribution >= 0.6 is 0 Å². The summed E-state index contributed by atoms with van der Waals surface area (Å²) < 4.78 is 16.5. The van der Waals surface area contributed by atoms with Gasteiger partial charge in [-0.25, -0.2) is 0 Å². The number of amides is 1. The Morgan fingerprint density at radius 1 is 1.29 bits per heavy atom. The summed E-state index contributed by atoms with van der Waals surface area (Å²) in [7, 11) is 1.85. The molecule has 1 heterocycles. The van der Waals surface area contributed by atoms with Crippen molar-refractivity contribution in [3.05, 3.63) is 17.7 Å². The molecule has 6 nitrogen and oxygen atoms in total. The molecular weight excluding hydrogens is 272 g/mol. The van der Waals surface area contributed by atoms with Gasteiger partial charge < -0.3 is 24.8 Å². The molecule has 2 rings (SSSR count). The van der Waals surface area contributed by atoms with Crippen molar-refractivity contribution in [3.8, 4) is 17.2 Å². The molecule has 1 aromatic rings. The van der Waals surface area contributed by atoms with Gasteiger partial charge in [-0.15, -0.1) is 0 Å². The molecule has 1 unspecified atom stereocenters. The fourth-order valence-corrected chi connectivity index (χ4v) is 2.05. The molecular formula is C15H22N2O4. The Balaban J connectivity index is 2.16. The van der Waals surface area contributed by atoms with Crippen molar-refractivity contribution in [1.82, 2.24) is 10.6 Å². The number of ether oxygens (including phenoxy) is 3. The minimum atomic E-state index is -0.580. The topological polar surface area (TPSA) is 68.8 Å². The van der Waals surface area contributed by atoms with Crippen LogP contribution in [0, 0.1) is 0 Å². The van der Waals surface area contributed by atoms with Gasteiger partial charge in [-0.1, -0.05) is 0 Å². The molecule has 116 valence electrons. The van der Waals surface area contributed by atoms with E-state index < -0.39 is 6.10 Å². The highest BCUT2D eigenvalue weighted by Crippen LogP contribution is 2.38. The molecule has 0 aromatic heterocycles. The summed E-state index contributed by atoms with van der Waals surface area (Å²) in [5.41, 5.74) is 0.922. The standard InChI is InChI=1S/C15H22N2O4/c1-9(2)17-15(18)10(3)21-12-6-14-13(19-8-20-14)5-11(12)7-16-4/h5-6,9-10,16H,7-8H2,1-4H3,(H,17,18). The number of rotatable bonds is 6. The third-order valence-corrected chi connectivity index (χ3v) is 3.03. The molecule has 0 bridgehead atoms. The second kappa shape index (κ2) is 6.67. The molecule has 0 aliphatic carbocycles. The van der Waals surface area contributed by atoms with Gasteiger partial charge in [-0.3, -0.25) is 4.79 Å². The molecule has 0 radical (unpaired) electrons. The zero-order valence-corrected chi connectivity index (χ0v) is 12.9. The predicted octanol–water partition coefficient (Wildman–Crippen LogP) is 1.43. The van der Waals surface area contributed by atoms with Crippen LogP contribution in [0.2, 0.25) is 0 Å². The number of fused-ring (bicyclic) bond motifs is 1. The van der Waals surface area contributed by atoms with Gasteiger partial charge in [-0.2, -0.15) is 0 Å². The molecule has 0 fully saturated rings. The molecule has 0 saturated carbocycles. The van der Waals surface area contributed by atoms with Crippen molar-refractivity contribution in [2.75, 3.05) is 13.8 Å². The van der Waals surface area contributed by atoms with Crippen molar-refractivity contribution < 1.29 is 19.0 Å². The summed E-state index contributed by atoms with van der Waals surface area (Å²) in [6.07, 6.45) is -0.580. The first kappa shape index (κ1) is 15.4. The van der Waals surface area contributed by atoms with Gasteiger partial charge in [0.15, 0.2) is 17.6 Å². The zero-order chi connectivity index (χ0) is 15.4. The van der Waals surface area contributed by atoms with Crippen molar-refractivity contribution in [2.45, 2.75) is 39.5 Å².